The number of hydrogen-bond acceptors (Lipinski definition) is 11. The summed E-state index contributed by atoms with van der Waals surface area (Å²) in [5.41, 5.74) is -1.77. The molecule has 9 rings (SSSR count). The number of esters is 3. The van der Waals surface area contributed by atoms with E-state index in [0.717, 1.165) is 33.4 Å². The van der Waals surface area contributed by atoms with Gasteiger partial charge in [0.25, 0.3) is 0 Å². The summed E-state index contributed by atoms with van der Waals surface area (Å²) < 4.78 is 55.3. The Kier molecular flexibility index (Phi) is 9.63. The maximum Gasteiger partial charge on any atom is 0.344 e. The molecule has 60 heavy (non-hydrogen) atoms. The summed E-state index contributed by atoms with van der Waals surface area (Å²) in [5, 5.41) is 14.2. The number of halogens is 3. The fourth-order valence-corrected chi connectivity index (χ4v) is 13.6. The van der Waals surface area contributed by atoms with Crippen molar-refractivity contribution in [3.05, 3.63) is 69.3 Å². The summed E-state index contributed by atoms with van der Waals surface area (Å²) in [7, 11) is 5.93. The number of piperidine rings is 1. The number of aromatic amines is 1. The van der Waals surface area contributed by atoms with Crippen LogP contribution in [-0.2, 0) is 46.0 Å². The van der Waals surface area contributed by atoms with Crippen molar-refractivity contribution in [3.63, 3.8) is 0 Å². The highest BCUT2D eigenvalue weighted by Crippen LogP contribution is 2.68. The fourth-order valence-electron chi connectivity index (χ4n) is 13.3. The van der Waals surface area contributed by atoms with Gasteiger partial charge in [0.1, 0.15) is 11.2 Å². The molecule has 1 saturated carbocycles. The van der Waals surface area contributed by atoms with E-state index in [4.69, 9.17) is 18.9 Å². The monoisotopic (exact) mass is 894 g/mol. The van der Waals surface area contributed by atoms with E-state index in [1.54, 1.807) is 0 Å². The molecule has 6 aliphatic rings. The van der Waals surface area contributed by atoms with E-state index in [1.807, 2.05) is 61.4 Å². The summed E-state index contributed by atoms with van der Waals surface area (Å²) in [6.07, 6.45) is 4.00. The standard InChI is InChI=1S/C45H53BrF2N4O8/c1-8-42-12-9-14-52-15-13-43(36(42)52)30-18-31(34(57-5)19-33(30)50(4)37(43)45(56,40(55)59-7)38(42)60-24(2)53)44(39(54)58-6)20-25-16-26(41(3,47)48)22-51(21-25)23-29-28-17-27(46)10-11-32(28)49-35(29)44/h9-12,17-19,25-26,36-38,49,56H,8,13-16,20-23H2,1-7H3/t25-,26?,36+,37-,38-,42-,43-,44+,45+/m1/s1. The van der Waals surface area contributed by atoms with Gasteiger partial charge in [0.2, 0.25) is 11.5 Å². The second-order valence-electron chi connectivity index (χ2n) is 18.2. The zero-order valence-corrected chi connectivity index (χ0v) is 36.7. The molecule has 1 spiro atoms. The maximum absolute atomic E-state index is 15.4. The Morgan fingerprint density at radius 3 is 2.47 bits per heavy atom. The predicted molar refractivity (Wildman–Crippen MR) is 222 cm³/mol. The molecule has 6 heterocycles. The summed E-state index contributed by atoms with van der Waals surface area (Å²) in [6, 6.07) is 8.38. The molecule has 0 radical (unpaired) electrons. The topological polar surface area (TPSA) is 134 Å². The SMILES string of the molecule is CC[C@]12C=CCN3CC[C@@]4(c5cc([C@@]6(C(=O)OC)C[C@H]7CC(C(C)(F)F)CN(Cc8c6[nH]c6ccc(Br)cc86)C7)c(OC)cc5N(C)[C@H]4[C@@](O)(C(=O)OC)[C@@H]1OC(C)=O)[C@@H]32. The average molecular weight is 896 g/mol. The van der Waals surface area contributed by atoms with Crippen LogP contribution in [-0.4, -0.2) is 122 Å². The predicted octanol–water partition coefficient (Wildman–Crippen LogP) is 5.84. The van der Waals surface area contributed by atoms with Gasteiger partial charge in [-0.2, -0.15) is 0 Å². The minimum Gasteiger partial charge on any atom is -0.496 e. The minimum atomic E-state index is -2.95. The highest BCUT2D eigenvalue weighted by Gasteiger charge is 2.80. The fraction of sp³-hybridized carbons (Fsp3) is 0.578. The number of ether oxygens (including phenoxy) is 4. The molecule has 3 fully saturated rings. The number of carbonyl (C=O) groups is 3. The Morgan fingerprint density at radius 2 is 1.80 bits per heavy atom. The molecule has 5 aliphatic heterocycles. The molecule has 12 nitrogen and oxygen atoms in total. The van der Waals surface area contributed by atoms with Crippen LogP contribution < -0.4 is 9.64 Å². The average Bonchev–Trinajstić information content (AvgIpc) is 3.86. The van der Waals surface area contributed by atoms with Gasteiger partial charge in [-0.3, -0.25) is 19.4 Å². The van der Waals surface area contributed by atoms with Crippen LogP contribution in [0.5, 0.6) is 5.75 Å². The van der Waals surface area contributed by atoms with Crippen molar-refractivity contribution in [1.29, 1.82) is 0 Å². The first-order valence-corrected chi connectivity index (χ1v) is 21.6. The zero-order chi connectivity index (χ0) is 42.9. The minimum absolute atomic E-state index is 0.142. The number of likely N-dealkylation sites (N-methyl/N-ethyl adjacent to an activating group) is 1. The highest BCUT2D eigenvalue weighted by molar-refractivity contribution is 9.10. The first-order valence-electron chi connectivity index (χ1n) is 20.8. The number of nitrogens with zero attached hydrogens (tertiary/aromatic N) is 3. The van der Waals surface area contributed by atoms with Crippen LogP contribution in [0.4, 0.5) is 14.5 Å². The number of benzene rings is 2. The van der Waals surface area contributed by atoms with Crippen molar-refractivity contribution in [2.45, 2.75) is 93.5 Å². The molecule has 2 bridgehead atoms. The van der Waals surface area contributed by atoms with Crippen molar-refractivity contribution < 1.29 is 47.2 Å². The van der Waals surface area contributed by atoms with Gasteiger partial charge in [0.05, 0.1) is 27.4 Å². The number of H-pyrrole nitrogens is 1. The molecule has 3 aromatic rings. The van der Waals surface area contributed by atoms with Crippen LogP contribution in [0, 0.1) is 17.3 Å². The summed E-state index contributed by atoms with van der Waals surface area (Å²) in [5.74, 6) is -5.98. The van der Waals surface area contributed by atoms with Gasteiger partial charge in [-0.05, 0) is 80.5 Å². The number of hydrogen-bond donors (Lipinski definition) is 2. The summed E-state index contributed by atoms with van der Waals surface area (Å²) in [4.78, 5) is 52.6. The van der Waals surface area contributed by atoms with Crippen LogP contribution in [0.25, 0.3) is 10.9 Å². The number of alkyl halides is 2. The number of nitrogens with one attached hydrogen (secondary N) is 1. The molecule has 1 aliphatic carbocycles. The smallest absolute Gasteiger partial charge is 0.344 e. The van der Waals surface area contributed by atoms with E-state index in [9.17, 15) is 14.7 Å². The molecule has 2 aromatic carbocycles. The van der Waals surface area contributed by atoms with E-state index >= 15 is 13.6 Å². The zero-order valence-electron chi connectivity index (χ0n) is 35.1. The first-order chi connectivity index (χ1) is 28.5. The highest BCUT2D eigenvalue weighted by atomic mass is 79.9. The molecule has 15 heteroatoms. The Morgan fingerprint density at radius 1 is 1.05 bits per heavy atom. The van der Waals surface area contributed by atoms with Gasteiger partial charge in [0, 0.05) is 101 Å². The molecule has 10 atom stereocenters. The molecular formula is C45H53BrF2N4O8. The van der Waals surface area contributed by atoms with Crippen molar-refractivity contribution >= 4 is 50.4 Å². The van der Waals surface area contributed by atoms with Crippen molar-refractivity contribution in [2.75, 3.05) is 59.5 Å². The molecule has 2 saturated heterocycles. The Labute approximate surface area is 356 Å². The molecule has 1 aromatic heterocycles. The van der Waals surface area contributed by atoms with Crippen molar-refractivity contribution in [1.82, 2.24) is 14.8 Å². The Balaban J connectivity index is 1.36. The maximum atomic E-state index is 15.4. The number of rotatable bonds is 7. The van der Waals surface area contributed by atoms with E-state index < -0.39 is 63.7 Å². The van der Waals surface area contributed by atoms with Crippen LogP contribution in [0.3, 0.4) is 0 Å². The van der Waals surface area contributed by atoms with Gasteiger partial charge in [0.15, 0.2) is 6.10 Å². The van der Waals surface area contributed by atoms with Gasteiger partial charge in [-0.25, -0.2) is 13.6 Å². The van der Waals surface area contributed by atoms with E-state index in [0.29, 0.717) is 61.7 Å². The third-order valence-corrected chi connectivity index (χ3v) is 15.8. The molecule has 322 valence electrons. The summed E-state index contributed by atoms with van der Waals surface area (Å²) >= 11 is 3.64. The largest absolute Gasteiger partial charge is 0.496 e. The van der Waals surface area contributed by atoms with Gasteiger partial charge < -0.3 is 33.9 Å². The second kappa shape index (κ2) is 14.0. The number of fused-ring (bicyclic) bond motifs is 6. The van der Waals surface area contributed by atoms with Crippen LogP contribution in [0.2, 0.25) is 0 Å². The molecular weight excluding hydrogens is 842 g/mol. The van der Waals surface area contributed by atoms with E-state index in [-0.39, 0.29) is 31.3 Å². The lowest BCUT2D eigenvalue weighted by Crippen LogP contribution is -2.81. The van der Waals surface area contributed by atoms with Crippen molar-refractivity contribution in [3.8, 4) is 5.75 Å². The molecule has 2 unspecified atom stereocenters. The number of carbonyl (C=O) groups excluding carboxylic acids is 3. The van der Waals surface area contributed by atoms with Crippen molar-refractivity contribution in [2.24, 2.45) is 17.3 Å². The van der Waals surface area contributed by atoms with E-state index in [2.05, 4.69) is 30.7 Å². The third kappa shape index (κ3) is 5.36. The number of methoxy groups -OCH3 is 3. The lowest BCUT2D eigenvalue weighted by molar-refractivity contribution is -0.228. The number of aromatic nitrogens is 1. The second-order valence-corrected chi connectivity index (χ2v) is 19.1. The molecule has 2 N–H and O–H groups in total. The molecule has 0 amide bonds. The van der Waals surface area contributed by atoms with Gasteiger partial charge in [-0.15, -0.1) is 0 Å². The van der Waals surface area contributed by atoms with Crippen LogP contribution in [0.1, 0.15) is 68.8 Å². The quantitative estimate of drug-likeness (QED) is 0.169. The lowest BCUT2D eigenvalue weighted by atomic mass is 9.47. The lowest BCUT2D eigenvalue weighted by Gasteiger charge is -2.63. The Bertz CT molecular complexity index is 2330. The first kappa shape index (κ1) is 41.3. The van der Waals surface area contributed by atoms with Crippen LogP contribution in [0.15, 0.2) is 47.0 Å². The number of anilines is 1. The van der Waals surface area contributed by atoms with Crippen LogP contribution >= 0.6 is 15.9 Å². The Hall–Kier alpha value is -4.05. The van der Waals surface area contributed by atoms with E-state index in [1.165, 1.54) is 28.3 Å². The normalized spacial score (nSPS) is 35.4. The van der Waals surface area contributed by atoms with Gasteiger partial charge >= 0.3 is 17.9 Å². The van der Waals surface area contributed by atoms with Gasteiger partial charge in [-0.1, -0.05) is 35.0 Å². The summed E-state index contributed by atoms with van der Waals surface area (Å²) in [6.45, 7) is 6.49. The third-order valence-electron chi connectivity index (χ3n) is 15.3. The number of aliphatic hydroxyl groups is 1.